The minimum absolute atomic E-state index is 0.212. The van der Waals surface area contributed by atoms with Crippen molar-refractivity contribution in [3.8, 4) is 0 Å². The number of rotatable bonds is 4. The van der Waals surface area contributed by atoms with Crippen LogP contribution in [0.25, 0.3) is 0 Å². The fourth-order valence-corrected chi connectivity index (χ4v) is 1.11. The number of alkyl halides is 3. The Morgan fingerprint density at radius 3 is 2.73 bits per heavy atom. The van der Waals surface area contributed by atoms with Crippen LogP contribution in [-0.4, -0.2) is 23.1 Å². The van der Waals surface area contributed by atoms with Crippen molar-refractivity contribution >= 4 is 5.78 Å². The van der Waals surface area contributed by atoms with E-state index in [1.807, 2.05) is 0 Å². The van der Waals surface area contributed by atoms with Gasteiger partial charge in [-0.3, -0.25) is 4.79 Å². The normalized spacial score (nSPS) is 11.7. The lowest BCUT2D eigenvalue weighted by molar-refractivity contribution is -0.181. The Bertz CT molecular complexity index is 343. The summed E-state index contributed by atoms with van der Waals surface area (Å²) in [6.07, 6.45) is -2.85. The minimum Gasteiger partial charge on any atom is -0.351 e. The highest BCUT2D eigenvalue weighted by Crippen LogP contribution is 2.15. The highest BCUT2D eigenvalue weighted by molar-refractivity contribution is 5.92. The molecule has 0 amide bonds. The lowest BCUT2D eigenvalue weighted by Crippen LogP contribution is -2.19. The molecular weight excluding hydrogens is 211 g/mol. The SMILES string of the molecule is CC(=O)c1cccn1COCC(F)(F)F. The van der Waals surface area contributed by atoms with Crippen LogP contribution in [0.1, 0.15) is 17.4 Å². The molecule has 84 valence electrons. The van der Waals surface area contributed by atoms with E-state index in [0.717, 1.165) is 0 Å². The minimum atomic E-state index is -4.34. The van der Waals surface area contributed by atoms with E-state index in [1.54, 1.807) is 6.07 Å². The van der Waals surface area contributed by atoms with E-state index in [9.17, 15) is 18.0 Å². The smallest absolute Gasteiger partial charge is 0.351 e. The molecule has 1 rings (SSSR count). The number of Topliss-reactive ketones (excluding diaryl/α,β-unsaturated/α-hetero) is 1. The van der Waals surface area contributed by atoms with Crippen molar-refractivity contribution in [3.63, 3.8) is 0 Å². The lowest BCUT2D eigenvalue weighted by atomic mass is 10.3. The van der Waals surface area contributed by atoms with Gasteiger partial charge >= 0.3 is 6.18 Å². The van der Waals surface area contributed by atoms with Crippen molar-refractivity contribution in [2.75, 3.05) is 6.61 Å². The van der Waals surface area contributed by atoms with Crippen LogP contribution in [-0.2, 0) is 11.5 Å². The maximum Gasteiger partial charge on any atom is 0.411 e. The van der Waals surface area contributed by atoms with Crippen LogP contribution < -0.4 is 0 Å². The summed E-state index contributed by atoms with van der Waals surface area (Å²) < 4.78 is 41.0. The summed E-state index contributed by atoms with van der Waals surface area (Å²) in [4.78, 5) is 11.0. The number of aromatic nitrogens is 1. The van der Waals surface area contributed by atoms with Gasteiger partial charge in [0.1, 0.15) is 13.3 Å². The van der Waals surface area contributed by atoms with E-state index >= 15 is 0 Å². The van der Waals surface area contributed by atoms with Crippen LogP contribution in [0.5, 0.6) is 0 Å². The van der Waals surface area contributed by atoms with Gasteiger partial charge in [0, 0.05) is 13.1 Å². The first-order valence-corrected chi connectivity index (χ1v) is 4.21. The predicted octanol–water partition coefficient (Wildman–Crippen LogP) is 2.23. The average molecular weight is 221 g/mol. The molecule has 1 aromatic heterocycles. The molecule has 0 aliphatic heterocycles. The topological polar surface area (TPSA) is 31.2 Å². The average Bonchev–Trinajstić information content (AvgIpc) is 2.49. The van der Waals surface area contributed by atoms with Crippen LogP contribution in [0.15, 0.2) is 18.3 Å². The summed E-state index contributed by atoms with van der Waals surface area (Å²) in [5.41, 5.74) is 0.331. The molecule has 0 spiro atoms. The third-order valence-electron chi connectivity index (χ3n) is 1.69. The van der Waals surface area contributed by atoms with Gasteiger partial charge in [0.15, 0.2) is 5.78 Å². The molecule has 0 aliphatic rings. The van der Waals surface area contributed by atoms with Crippen LogP contribution in [0, 0.1) is 0 Å². The van der Waals surface area contributed by atoms with E-state index in [2.05, 4.69) is 4.74 Å². The molecule has 0 saturated carbocycles. The van der Waals surface area contributed by atoms with Crippen molar-refractivity contribution in [1.82, 2.24) is 4.57 Å². The number of carbonyl (C=O) groups is 1. The summed E-state index contributed by atoms with van der Waals surface area (Å²) in [6.45, 7) is -0.250. The molecule has 0 aliphatic carbocycles. The molecular formula is C9H10F3NO2. The van der Waals surface area contributed by atoms with Gasteiger partial charge in [-0.25, -0.2) is 0 Å². The van der Waals surface area contributed by atoms with Crippen LogP contribution in [0.3, 0.4) is 0 Å². The Labute approximate surface area is 84.4 Å². The highest BCUT2D eigenvalue weighted by Gasteiger charge is 2.27. The van der Waals surface area contributed by atoms with Gasteiger partial charge in [0.25, 0.3) is 0 Å². The van der Waals surface area contributed by atoms with E-state index in [1.165, 1.54) is 23.8 Å². The Kier molecular flexibility index (Phi) is 3.52. The number of hydrogen-bond acceptors (Lipinski definition) is 2. The first-order chi connectivity index (χ1) is 6.90. The second-order valence-electron chi connectivity index (χ2n) is 3.01. The van der Waals surface area contributed by atoms with Crippen LogP contribution >= 0.6 is 0 Å². The molecule has 3 nitrogen and oxygen atoms in total. The van der Waals surface area contributed by atoms with Gasteiger partial charge in [-0.15, -0.1) is 0 Å². The first kappa shape index (κ1) is 11.8. The number of ketones is 1. The van der Waals surface area contributed by atoms with Crippen molar-refractivity contribution in [3.05, 3.63) is 24.0 Å². The Hall–Kier alpha value is -1.30. The number of halogens is 3. The maximum absolute atomic E-state index is 11.7. The highest BCUT2D eigenvalue weighted by atomic mass is 19.4. The van der Waals surface area contributed by atoms with E-state index in [0.29, 0.717) is 5.69 Å². The van der Waals surface area contributed by atoms with Gasteiger partial charge in [-0.05, 0) is 12.1 Å². The molecule has 0 bridgehead atoms. The van der Waals surface area contributed by atoms with Crippen LogP contribution in [0.4, 0.5) is 13.2 Å². The molecule has 0 fully saturated rings. The molecule has 0 unspecified atom stereocenters. The molecule has 15 heavy (non-hydrogen) atoms. The quantitative estimate of drug-likeness (QED) is 0.730. The zero-order chi connectivity index (χ0) is 11.5. The Balaban J connectivity index is 2.51. The predicted molar refractivity (Wildman–Crippen MR) is 46.4 cm³/mol. The fourth-order valence-electron chi connectivity index (χ4n) is 1.11. The van der Waals surface area contributed by atoms with Crippen molar-refractivity contribution in [2.24, 2.45) is 0 Å². The molecule has 0 atom stereocenters. The number of ether oxygens (including phenoxy) is 1. The van der Waals surface area contributed by atoms with Crippen molar-refractivity contribution < 1.29 is 22.7 Å². The molecule has 1 aromatic rings. The first-order valence-electron chi connectivity index (χ1n) is 4.21. The monoisotopic (exact) mass is 221 g/mol. The third-order valence-corrected chi connectivity index (χ3v) is 1.69. The maximum atomic E-state index is 11.7. The van der Waals surface area contributed by atoms with Crippen molar-refractivity contribution in [1.29, 1.82) is 0 Å². The zero-order valence-corrected chi connectivity index (χ0v) is 8.04. The van der Waals surface area contributed by atoms with Gasteiger partial charge in [-0.1, -0.05) is 0 Å². The molecule has 0 N–H and O–H groups in total. The molecule has 1 heterocycles. The summed E-state index contributed by atoms with van der Waals surface area (Å²) in [6, 6.07) is 3.10. The van der Waals surface area contributed by atoms with E-state index < -0.39 is 12.8 Å². The lowest BCUT2D eigenvalue weighted by Gasteiger charge is -2.10. The summed E-state index contributed by atoms with van der Waals surface area (Å²) >= 11 is 0. The Morgan fingerprint density at radius 1 is 1.53 bits per heavy atom. The molecule has 0 aromatic carbocycles. The third kappa shape index (κ3) is 3.75. The standard InChI is InChI=1S/C9H10F3NO2/c1-7(14)8-3-2-4-13(8)6-15-5-9(10,11)12/h2-4H,5-6H2,1H3. The van der Waals surface area contributed by atoms with Crippen LogP contribution in [0.2, 0.25) is 0 Å². The zero-order valence-electron chi connectivity index (χ0n) is 8.04. The molecule has 6 heteroatoms. The Morgan fingerprint density at radius 2 is 2.20 bits per heavy atom. The van der Waals surface area contributed by atoms with Gasteiger partial charge < -0.3 is 9.30 Å². The van der Waals surface area contributed by atoms with Crippen molar-refractivity contribution in [2.45, 2.75) is 19.8 Å². The van der Waals surface area contributed by atoms with E-state index in [-0.39, 0.29) is 12.5 Å². The van der Waals surface area contributed by atoms with Gasteiger partial charge in [0.05, 0.1) is 5.69 Å². The largest absolute Gasteiger partial charge is 0.411 e. The number of hydrogen-bond donors (Lipinski definition) is 0. The number of nitrogens with zero attached hydrogens (tertiary/aromatic N) is 1. The molecule has 0 radical (unpaired) electrons. The summed E-state index contributed by atoms with van der Waals surface area (Å²) in [5, 5.41) is 0. The summed E-state index contributed by atoms with van der Waals surface area (Å²) in [5.74, 6) is -0.212. The molecule has 0 saturated heterocycles. The van der Waals surface area contributed by atoms with E-state index in [4.69, 9.17) is 0 Å². The second-order valence-corrected chi connectivity index (χ2v) is 3.01. The second kappa shape index (κ2) is 4.48. The van der Waals surface area contributed by atoms with Gasteiger partial charge in [0.2, 0.25) is 0 Å². The number of carbonyl (C=O) groups excluding carboxylic acids is 1. The van der Waals surface area contributed by atoms with Gasteiger partial charge in [-0.2, -0.15) is 13.2 Å². The summed E-state index contributed by atoms with van der Waals surface area (Å²) in [7, 11) is 0. The fraction of sp³-hybridized carbons (Fsp3) is 0.444.